The van der Waals surface area contributed by atoms with E-state index in [1.807, 2.05) is 31.5 Å². The van der Waals surface area contributed by atoms with Gasteiger partial charge in [0, 0.05) is 24.3 Å². The first kappa shape index (κ1) is 15.0. The fourth-order valence-corrected chi connectivity index (χ4v) is 2.71. The molecule has 22 heavy (non-hydrogen) atoms. The van der Waals surface area contributed by atoms with Crippen LogP contribution in [0.25, 0.3) is 11.0 Å². The maximum absolute atomic E-state index is 12.5. The molecule has 1 aliphatic carbocycles. The molecule has 1 unspecified atom stereocenters. The molecule has 0 aliphatic heterocycles. The van der Waals surface area contributed by atoms with Gasteiger partial charge in [0.2, 0.25) is 0 Å². The van der Waals surface area contributed by atoms with Gasteiger partial charge < -0.3 is 11.1 Å². The Labute approximate surface area is 130 Å². The number of fused-ring (bicyclic) bond motifs is 1. The Morgan fingerprint density at radius 2 is 2.23 bits per heavy atom. The molecule has 3 rings (SSSR count). The molecule has 0 spiro atoms. The molecule has 6 heteroatoms. The number of hydrogen-bond acceptors (Lipinski definition) is 4. The fraction of sp³-hybridized carbons (Fsp3) is 0.562. The van der Waals surface area contributed by atoms with Crippen molar-refractivity contribution in [2.24, 2.45) is 11.7 Å². The number of nitrogens with two attached hydrogens (primary N) is 1. The number of nitrogens with one attached hydrogen (secondary N) is 1. The lowest BCUT2D eigenvalue weighted by Crippen LogP contribution is -2.38. The van der Waals surface area contributed by atoms with Crippen LogP contribution in [0.4, 0.5) is 0 Å². The number of aryl methyl sites for hydroxylation is 1. The molecule has 2 aromatic heterocycles. The van der Waals surface area contributed by atoms with E-state index in [1.165, 1.54) is 12.8 Å². The Kier molecular flexibility index (Phi) is 3.87. The first-order valence-corrected chi connectivity index (χ1v) is 7.86. The predicted molar refractivity (Wildman–Crippen MR) is 85.7 cm³/mol. The van der Waals surface area contributed by atoms with Gasteiger partial charge in [0.05, 0.1) is 17.1 Å². The highest BCUT2D eigenvalue weighted by Gasteiger charge is 2.28. The number of pyridine rings is 1. The number of carbonyl (C=O) groups is 1. The van der Waals surface area contributed by atoms with Crippen LogP contribution in [0, 0.1) is 12.8 Å². The lowest BCUT2D eigenvalue weighted by molar-refractivity contribution is 0.0952. The summed E-state index contributed by atoms with van der Waals surface area (Å²) in [5.74, 6) is 0.470. The van der Waals surface area contributed by atoms with Crippen molar-refractivity contribution in [3.63, 3.8) is 0 Å². The van der Waals surface area contributed by atoms with Crippen molar-refractivity contribution in [1.29, 1.82) is 0 Å². The van der Waals surface area contributed by atoms with Gasteiger partial charge in [-0.25, -0.2) is 9.67 Å². The van der Waals surface area contributed by atoms with E-state index in [-0.39, 0.29) is 18.0 Å². The minimum Gasteiger partial charge on any atom is -0.350 e. The van der Waals surface area contributed by atoms with Crippen LogP contribution in [-0.4, -0.2) is 33.3 Å². The van der Waals surface area contributed by atoms with Crippen LogP contribution in [0.15, 0.2) is 12.3 Å². The molecule has 0 aromatic carbocycles. The third-order valence-electron chi connectivity index (χ3n) is 4.15. The number of nitrogens with zero attached hydrogens (tertiary/aromatic N) is 3. The zero-order valence-electron chi connectivity index (χ0n) is 13.3. The van der Waals surface area contributed by atoms with Gasteiger partial charge in [0.15, 0.2) is 5.65 Å². The standard InChI is InChI=1S/C16H23N5O/c1-9(2)21-15-13(7-19-21)12(6-10(3)20-15)16(22)18-8-14(17)11-4-5-11/h6-7,9,11,14H,4-5,8,17H2,1-3H3,(H,18,22). The van der Waals surface area contributed by atoms with E-state index in [2.05, 4.69) is 15.4 Å². The molecule has 1 fully saturated rings. The normalized spacial score (nSPS) is 16.2. The Bertz CT molecular complexity index is 702. The number of hydrogen-bond donors (Lipinski definition) is 2. The summed E-state index contributed by atoms with van der Waals surface area (Å²) in [6.07, 6.45) is 4.07. The molecule has 1 atom stereocenters. The van der Waals surface area contributed by atoms with E-state index >= 15 is 0 Å². The highest BCUT2D eigenvalue weighted by molar-refractivity contribution is 6.05. The second kappa shape index (κ2) is 5.68. The van der Waals surface area contributed by atoms with E-state index in [4.69, 9.17) is 5.73 Å². The lowest BCUT2D eigenvalue weighted by atomic mass is 10.1. The third-order valence-corrected chi connectivity index (χ3v) is 4.15. The van der Waals surface area contributed by atoms with Gasteiger partial charge in [-0.1, -0.05) is 0 Å². The minimum absolute atomic E-state index is 0.0563. The van der Waals surface area contributed by atoms with Crippen LogP contribution in [0.5, 0.6) is 0 Å². The van der Waals surface area contributed by atoms with Crippen molar-refractivity contribution in [3.05, 3.63) is 23.5 Å². The summed E-state index contributed by atoms with van der Waals surface area (Å²) >= 11 is 0. The zero-order chi connectivity index (χ0) is 15.9. The van der Waals surface area contributed by atoms with Crippen molar-refractivity contribution in [3.8, 4) is 0 Å². The van der Waals surface area contributed by atoms with Crippen molar-refractivity contribution in [2.45, 2.75) is 45.7 Å². The maximum atomic E-state index is 12.5. The van der Waals surface area contributed by atoms with Gasteiger partial charge in [0.1, 0.15) is 0 Å². The zero-order valence-corrected chi connectivity index (χ0v) is 13.3. The molecule has 0 saturated heterocycles. The van der Waals surface area contributed by atoms with Crippen LogP contribution in [0.1, 0.15) is 48.8 Å². The smallest absolute Gasteiger partial charge is 0.252 e. The van der Waals surface area contributed by atoms with E-state index in [1.54, 1.807) is 6.20 Å². The molecule has 1 amide bonds. The molecule has 1 aliphatic rings. The van der Waals surface area contributed by atoms with Gasteiger partial charge in [-0.05, 0) is 45.6 Å². The summed E-state index contributed by atoms with van der Waals surface area (Å²) in [5.41, 5.74) is 8.24. The summed E-state index contributed by atoms with van der Waals surface area (Å²) in [7, 11) is 0. The quantitative estimate of drug-likeness (QED) is 0.881. The van der Waals surface area contributed by atoms with Crippen LogP contribution >= 0.6 is 0 Å². The van der Waals surface area contributed by atoms with Crippen molar-refractivity contribution in [1.82, 2.24) is 20.1 Å². The van der Waals surface area contributed by atoms with Crippen LogP contribution in [-0.2, 0) is 0 Å². The monoisotopic (exact) mass is 301 g/mol. The highest BCUT2D eigenvalue weighted by atomic mass is 16.1. The summed E-state index contributed by atoms with van der Waals surface area (Å²) in [5, 5.41) is 8.10. The summed E-state index contributed by atoms with van der Waals surface area (Å²) < 4.78 is 1.84. The van der Waals surface area contributed by atoms with E-state index < -0.39 is 0 Å². The predicted octanol–water partition coefficient (Wildman–Crippen LogP) is 1.79. The van der Waals surface area contributed by atoms with E-state index in [0.717, 1.165) is 16.7 Å². The molecular weight excluding hydrogens is 278 g/mol. The molecule has 0 bridgehead atoms. The van der Waals surface area contributed by atoms with Crippen LogP contribution < -0.4 is 11.1 Å². The first-order valence-electron chi connectivity index (χ1n) is 7.86. The van der Waals surface area contributed by atoms with Crippen molar-refractivity contribution >= 4 is 16.9 Å². The topological polar surface area (TPSA) is 85.8 Å². The Balaban J connectivity index is 1.87. The average Bonchev–Trinajstić information content (AvgIpc) is 3.23. The largest absolute Gasteiger partial charge is 0.350 e. The lowest BCUT2D eigenvalue weighted by Gasteiger charge is -2.12. The fourth-order valence-electron chi connectivity index (χ4n) is 2.71. The molecular formula is C16H23N5O. The molecule has 3 N–H and O–H groups in total. The Morgan fingerprint density at radius 1 is 1.50 bits per heavy atom. The molecule has 0 radical (unpaired) electrons. The molecule has 2 aromatic rings. The molecule has 6 nitrogen and oxygen atoms in total. The average molecular weight is 301 g/mol. The maximum Gasteiger partial charge on any atom is 0.252 e. The number of aromatic nitrogens is 3. The van der Waals surface area contributed by atoms with Gasteiger partial charge in [-0.15, -0.1) is 0 Å². The second-order valence-electron chi connectivity index (χ2n) is 6.44. The van der Waals surface area contributed by atoms with Crippen molar-refractivity contribution < 1.29 is 4.79 Å². The van der Waals surface area contributed by atoms with Crippen LogP contribution in [0.2, 0.25) is 0 Å². The number of amides is 1. The Hall–Kier alpha value is -1.95. The molecule has 1 saturated carbocycles. The Morgan fingerprint density at radius 3 is 2.86 bits per heavy atom. The van der Waals surface area contributed by atoms with E-state index in [9.17, 15) is 4.79 Å². The molecule has 118 valence electrons. The minimum atomic E-state index is -0.102. The highest BCUT2D eigenvalue weighted by Crippen LogP contribution is 2.31. The first-order chi connectivity index (χ1) is 10.5. The van der Waals surface area contributed by atoms with Gasteiger partial charge >= 0.3 is 0 Å². The van der Waals surface area contributed by atoms with Gasteiger partial charge in [-0.2, -0.15) is 5.10 Å². The van der Waals surface area contributed by atoms with Gasteiger partial charge in [0.25, 0.3) is 5.91 Å². The van der Waals surface area contributed by atoms with Crippen molar-refractivity contribution in [2.75, 3.05) is 6.54 Å². The third kappa shape index (κ3) is 2.83. The number of rotatable bonds is 5. The summed E-state index contributed by atoms with van der Waals surface area (Å²) in [4.78, 5) is 17.0. The summed E-state index contributed by atoms with van der Waals surface area (Å²) in [6, 6.07) is 2.07. The van der Waals surface area contributed by atoms with Crippen LogP contribution in [0.3, 0.4) is 0 Å². The number of carbonyl (C=O) groups excluding carboxylic acids is 1. The van der Waals surface area contributed by atoms with E-state index in [0.29, 0.717) is 18.0 Å². The van der Waals surface area contributed by atoms with Gasteiger partial charge in [-0.3, -0.25) is 4.79 Å². The SMILES string of the molecule is Cc1cc(C(=O)NCC(N)C2CC2)c2cnn(C(C)C)c2n1. The summed E-state index contributed by atoms with van der Waals surface area (Å²) in [6.45, 7) is 6.50. The molecule has 2 heterocycles. The second-order valence-corrected chi connectivity index (χ2v) is 6.44.